The second-order valence-corrected chi connectivity index (χ2v) is 2.61. The van der Waals surface area contributed by atoms with E-state index in [0.29, 0.717) is 0 Å². The summed E-state index contributed by atoms with van der Waals surface area (Å²) in [6.45, 7) is 3.60. The first kappa shape index (κ1) is 3.90. The maximum Gasteiger partial charge on any atom is 0.0271 e. The summed E-state index contributed by atoms with van der Waals surface area (Å²) in [5, 5.41) is 0. The van der Waals surface area contributed by atoms with E-state index in [1.54, 1.807) is 0 Å². The highest BCUT2D eigenvalue weighted by Crippen LogP contribution is 2.50. The molecule has 2 aliphatic rings. The van der Waals surface area contributed by atoms with E-state index in [1.165, 1.54) is 19.4 Å². The second kappa shape index (κ2) is 1.03. The summed E-state index contributed by atoms with van der Waals surface area (Å²) in [5.41, 5.74) is 0. The first-order chi connectivity index (χ1) is 3.43. The number of fused-ring (bicyclic) bond motifs is 1. The van der Waals surface area contributed by atoms with Crippen LogP contribution in [-0.4, -0.2) is 23.5 Å². The largest absolute Gasteiger partial charge is 0.294 e. The minimum atomic E-state index is 1.07. The fourth-order valence-electron chi connectivity index (χ4n) is 1.28. The van der Waals surface area contributed by atoms with Crippen LogP contribution < -0.4 is 0 Å². The van der Waals surface area contributed by atoms with Gasteiger partial charge in [-0.1, -0.05) is 6.92 Å². The van der Waals surface area contributed by atoms with Crippen molar-refractivity contribution in [2.24, 2.45) is 0 Å². The third-order valence-electron chi connectivity index (χ3n) is 1.97. The summed E-state index contributed by atoms with van der Waals surface area (Å²) in [5.74, 6) is 0. The van der Waals surface area contributed by atoms with Crippen molar-refractivity contribution in [3.63, 3.8) is 0 Å². The smallest absolute Gasteiger partial charge is 0.0271 e. The van der Waals surface area contributed by atoms with E-state index in [9.17, 15) is 0 Å². The zero-order valence-corrected chi connectivity index (χ0v) is 4.72. The van der Waals surface area contributed by atoms with Gasteiger partial charge in [-0.2, -0.15) is 0 Å². The molecule has 0 aromatic carbocycles. The monoisotopic (exact) mass is 97.1 g/mol. The highest BCUT2D eigenvalue weighted by molar-refractivity contribution is 5.18. The van der Waals surface area contributed by atoms with Gasteiger partial charge in [0.1, 0.15) is 0 Å². The van der Waals surface area contributed by atoms with Gasteiger partial charge in [-0.25, -0.2) is 0 Å². The number of likely N-dealkylation sites (tertiary alicyclic amines) is 1. The van der Waals surface area contributed by atoms with Crippen molar-refractivity contribution in [1.29, 1.82) is 0 Å². The van der Waals surface area contributed by atoms with Crippen molar-refractivity contribution in [3.8, 4) is 0 Å². The molecule has 0 aromatic heterocycles. The van der Waals surface area contributed by atoms with Gasteiger partial charge in [0.05, 0.1) is 0 Å². The predicted molar refractivity (Wildman–Crippen MR) is 29.2 cm³/mol. The van der Waals surface area contributed by atoms with Gasteiger partial charge in [-0.3, -0.25) is 4.90 Å². The molecule has 1 saturated heterocycles. The fourth-order valence-corrected chi connectivity index (χ4v) is 1.28. The topological polar surface area (TPSA) is 3.01 Å². The molecular formula is C6H11N. The second-order valence-electron chi connectivity index (χ2n) is 2.61. The molecule has 7 heavy (non-hydrogen) atoms. The highest BCUT2D eigenvalue weighted by atomic mass is 15.4. The summed E-state index contributed by atoms with van der Waals surface area (Å²) in [7, 11) is 0. The van der Waals surface area contributed by atoms with E-state index in [-0.39, 0.29) is 0 Å². The van der Waals surface area contributed by atoms with Gasteiger partial charge in [0, 0.05) is 12.1 Å². The molecule has 0 amide bonds. The van der Waals surface area contributed by atoms with Gasteiger partial charge in [0.25, 0.3) is 0 Å². The Kier molecular flexibility index (Phi) is 0.571. The van der Waals surface area contributed by atoms with Crippen molar-refractivity contribution in [1.82, 2.24) is 4.90 Å². The maximum atomic E-state index is 2.57. The Labute approximate surface area is 44.3 Å². The van der Waals surface area contributed by atoms with Crippen LogP contribution >= 0.6 is 0 Å². The lowest BCUT2D eigenvalue weighted by Crippen LogP contribution is -2.08. The molecule has 1 saturated carbocycles. The molecule has 0 radical (unpaired) electrons. The van der Waals surface area contributed by atoms with Gasteiger partial charge in [-0.05, 0) is 19.4 Å². The van der Waals surface area contributed by atoms with Crippen LogP contribution in [0.3, 0.4) is 0 Å². The molecule has 0 N–H and O–H groups in total. The van der Waals surface area contributed by atoms with E-state index in [1.807, 2.05) is 0 Å². The van der Waals surface area contributed by atoms with Crippen LogP contribution in [0.4, 0.5) is 0 Å². The molecule has 2 unspecified atom stereocenters. The lowest BCUT2D eigenvalue weighted by Gasteiger charge is -2.02. The molecule has 2 rings (SSSR count). The number of rotatable bonds is 2. The Morgan fingerprint density at radius 1 is 1.57 bits per heavy atom. The van der Waals surface area contributed by atoms with Gasteiger partial charge >= 0.3 is 0 Å². The Balaban J connectivity index is 1.73. The third-order valence-corrected chi connectivity index (χ3v) is 1.97. The van der Waals surface area contributed by atoms with Crippen molar-refractivity contribution >= 4 is 0 Å². The van der Waals surface area contributed by atoms with Crippen molar-refractivity contribution in [3.05, 3.63) is 0 Å². The van der Waals surface area contributed by atoms with Crippen molar-refractivity contribution < 1.29 is 0 Å². The average molecular weight is 97.2 g/mol. The summed E-state index contributed by atoms with van der Waals surface area (Å²) in [6, 6.07) is 2.14. The standard InChI is InChI=1S/C6H11N/c1-2-3-7-5-4-6(5)7/h5-6H,2-4H2,1H3. The highest BCUT2D eigenvalue weighted by Gasteiger charge is 2.61. The molecule has 0 aromatic rings. The first-order valence-corrected chi connectivity index (χ1v) is 3.19. The molecule has 0 spiro atoms. The summed E-state index contributed by atoms with van der Waals surface area (Å²) in [6.07, 6.45) is 2.85. The van der Waals surface area contributed by atoms with Crippen LogP contribution in [-0.2, 0) is 0 Å². The van der Waals surface area contributed by atoms with E-state index in [0.717, 1.165) is 12.1 Å². The van der Waals surface area contributed by atoms with Crippen LogP contribution in [0.2, 0.25) is 0 Å². The normalized spacial score (nSPS) is 53.6. The molecule has 2 atom stereocenters. The van der Waals surface area contributed by atoms with E-state index in [4.69, 9.17) is 0 Å². The minimum Gasteiger partial charge on any atom is -0.294 e. The molecule has 1 aliphatic carbocycles. The average Bonchev–Trinajstić information content (AvgIpc) is 2.41. The lowest BCUT2D eigenvalue weighted by atomic mass is 10.4. The van der Waals surface area contributed by atoms with E-state index in [2.05, 4.69) is 11.8 Å². The molecule has 0 bridgehead atoms. The molecule has 1 heterocycles. The van der Waals surface area contributed by atoms with Gasteiger partial charge < -0.3 is 0 Å². The Hall–Kier alpha value is -0.0400. The Bertz CT molecular complexity index is 82.2. The van der Waals surface area contributed by atoms with Crippen molar-refractivity contribution in [2.75, 3.05) is 6.54 Å². The molecule has 40 valence electrons. The minimum absolute atomic E-state index is 1.07. The number of hydrogen-bond donors (Lipinski definition) is 0. The number of hydrogen-bond acceptors (Lipinski definition) is 1. The van der Waals surface area contributed by atoms with E-state index >= 15 is 0 Å². The quantitative estimate of drug-likeness (QED) is 0.462. The van der Waals surface area contributed by atoms with Crippen LogP contribution in [0.1, 0.15) is 19.8 Å². The van der Waals surface area contributed by atoms with E-state index < -0.39 is 0 Å². The molecule has 1 heteroatoms. The van der Waals surface area contributed by atoms with Gasteiger partial charge in [-0.15, -0.1) is 0 Å². The molecular weight excluding hydrogens is 86.1 g/mol. The number of nitrogens with zero attached hydrogens (tertiary/aromatic N) is 1. The molecule has 1 nitrogen and oxygen atoms in total. The zero-order chi connectivity index (χ0) is 4.85. The lowest BCUT2D eigenvalue weighted by molar-refractivity contribution is 0.413. The first-order valence-electron chi connectivity index (χ1n) is 3.19. The fraction of sp³-hybridized carbons (Fsp3) is 1.00. The SMILES string of the molecule is CCCN1C2CC21. The Morgan fingerprint density at radius 3 is 2.43 bits per heavy atom. The van der Waals surface area contributed by atoms with Crippen LogP contribution in [0, 0.1) is 0 Å². The van der Waals surface area contributed by atoms with Crippen molar-refractivity contribution in [2.45, 2.75) is 31.8 Å². The predicted octanol–water partition coefficient (Wildman–Crippen LogP) is 0.853. The van der Waals surface area contributed by atoms with Gasteiger partial charge in [0.15, 0.2) is 0 Å². The summed E-state index contributed by atoms with van der Waals surface area (Å²) >= 11 is 0. The Morgan fingerprint density at radius 2 is 2.29 bits per heavy atom. The molecule has 1 aliphatic heterocycles. The maximum absolute atomic E-state index is 2.57. The van der Waals surface area contributed by atoms with Crippen LogP contribution in [0.25, 0.3) is 0 Å². The molecule has 2 fully saturated rings. The van der Waals surface area contributed by atoms with Crippen LogP contribution in [0.15, 0.2) is 0 Å². The summed E-state index contributed by atoms with van der Waals surface area (Å²) < 4.78 is 0. The van der Waals surface area contributed by atoms with Gasteiger partial charge in [0.2, 0.25) is 0 Å². The van der Waals surface area contributed by atoms with Crippen LogP contribution in [0.5, 0.6) is 0 Å². The third kappa shape index (κ3) is 0.418. The zero-order valence-electron chi connectivity index (χ0n) is 4.72. The summed E-state index contributed by atoms with van der Waals surface area (Å²) in [4.78, 5) is 2.57.